The first kappa shape index (κ1) is 24.6. The molecule has 36 heavy (non-hydrogen) atoms. The summed E-state index contributed by atoms with van der Waals surface area (Å²) in [5.41, 5.74) is 3.18. The van der Waals surface area contributed by atoms with Crippen LogP contribution in [-0.4, -0.2) is 37.9 Å². The second-order valence-corrected chi connectivity index (χ2v) is 9.43. The zero-order valence-electron chi connectivity index (χ0n) is 19.9. The number of nitrogens with one attached hydrogen (secondary N) is 1. The number of amides is 2. The third-order valence-electron chi connectivity index (χ3n) is 5.14. The van der Waals surface area contributed by atoms with E-state index in [1.54, 1.807) is 68.0 Å². The molecule has 180 valence electrons. The average Bonchev–Trinajstić information content (AvgIpc) is 3.21. The number of aromatic hydroxyl groups is 1. The number of hydrogen-bond donors (Lipinski definition) is 2. The highest BCUT2D eigenvalue weighted by Gasteiger charge is 2.13. The van der Waals surface area contributed by atoms with Gasteiger partial charge in [-0.3, -0.25) is 19.3 Å². The molecule has 0 aliphatic carbocycles. The summed E-state index contributed by atoms with van der Waals surface area (Å²) in [6, 6.07) is 17.3. The molecule has 4 rings (SSSR count). The number of para-hydroxylation sites is 2. The molecule has 1 atom stereocenters. The first-order valence-electron chi connectivity index (χ1n) is 10.9. The number of nitrogens with zero attached hydrogens (tertiary/aromatic N) is 4. The van der Waals surface area contributed by atoms with Crippen LogP contribution in [0, 0.1) is 18.8 Å². The molecule has 0 aliphatic heterocycles. The third kappa shape index (κ3) is 5.74. The van der Waals surface area contributed by atoms with Gasteiger partial charge in [-0.15, -0.1) is 0 Å². The Morgan fingerprint density at radius 3 is 2.56 bits per heavy atom. The Bertz CT molecular complexity index is 1560. The Balaban J connectivity index is 1.55. The first-order valence-corrected chi connectivity index (χ1v) is 12.5. The van der Waals surface area contributed by atoms with Crippen LogP contribution < -0.4 is 5.32 Å². The summed E-state index contributed by atoms with van der Waals surface area (Å²) in [4.78, 5) is 30.2. The van der Waals surface area contributed by atoms with Crippen LogP contribution in [0.4, 0.5) is 5.69 Å². The van der Waals surface area contributed by atoms with Crippen LogP contribution in [0.1, 0.15) is 37.7 Å². The van der Waals surface area contributed by atoms with Gasteiger partial charge in [0.2, 0.25) is 0 Å². The van der Waals surface area contributed by atoms with Gasteiger partial charge in [-0.05, 0) is 49.6 Å². The lowest BCUT2D eigenvalue weighted by Gasteiger charge is -2.07. The van der Waals surface area contributed by atoms with Gasteiger partial charge in [0, 0.05) is 30.6 Å². The second kappa shape index (κ2) is 10.8. The number of pyridine rings is 1. The van der Waals surface area contributed by atoms with E-state index in [0.29, 0.717) is 33.0 Å². The third-order valence-corrected chi connectivity index (χ3v) is 6.56. The Hall–Kier alpha value is -4.55. The van der Waals surface area contributed by atoms with Gasteiger partial charge in [-0.1, -0.05) is 46.8 Å². The number of carbonyl (C=O) groups excluding carboxylic acids is 2. The number of phenols is 1. The molecule has 0 aliphatic rings. The first-order chi connectivity index (χ1) is 17.3. The molecule has 0 radical (unpaired) electrons. The molecule has 2 aromatic heterocycles. The predicted molar refractivity (Wildman–Crippen MR) is 139 cm³/mol. The molecule has 0 spiro atoms. The number of phenolic OH excluding ortho intramolecular Hbond substituents is 1. The fraction of sp³-hybridized carbons (Fsp3) is 0.111. The number of aromatic nitrogens is 3. The van der Waals surface area contributed by atoms with Crippen molar-refractivity contribution < 1.29 is 14.7 Å². The number of aryl methyl sites for hydroxylation is 2. The van der Waals surface area contributed by atoms with Crippen LogP contribution in [0.3, 0.4) is 0 Å². The van der Waals surface area contributed by atoms with Crippen molar-refractivity contribution in [2.75, 3.05) is 11.6 Å². The summed E-state index contributed by atoms with van der Waals surface area (Å²) in [6.07, 6.45) is 4.75. The van der Waals surface area contributed by atoms with Gasteiger partial charge < -0.3 is 10.4 Å². The van der Waals surface area contributed by atoms with Gasteiger partial charge in [-0.25, -0.2) is 0 Å². The van der Waals surface area contributed by atoms with Gasteiger partial charge in [0.05, 0.1) is 21.8 Å². The highest BCUT2D eigenvalue weighted by atomic mass is 32.2. The number of carbonyl (C=O) groups is 2. The highest BCUT2D eigenvalue weighted by Crippen LogP contribution is 2.21. The van der Waals surface area contributed by atoms with Crippen molar-refractivity contribution in [3.63, 3.8) is 0 Å². The predicted octanol–water partition coefficient (Wildman–Crippen LogP) is 4.11. The lowest BCUT2D eigenvalue weighted by molar-refractivity contribution is 0.1000. The van der Waals surface area contributed by atoms with Crippen LogP contribution in [-0.2, 0) is 17.7 Å². The Morgan fingerprint density at radius 2 is 1.81 bits per heavy atom. The molecule has 4 aromatic rings. The average molecular weight is 498 g/mol. The lowest BCUT2D eigenvalue weighted by atomic mass is 10.1. The summed E-state index contributed by atoms with van der Waals surface area (Å²) in [7, 11) is 0.888. The lowest BCUT2D eigenvalue weighted by Crippen LogP contribution is -2.16. The quantitative estimate of drug-likeness (QED) is 0.413. The van der Waals surface area contributed by atoms with E-state index < -0.39 is 16.6 Å². The summed E-state index contributed by atoms with van der Waals surface area (Å²) in [5.74, 6) is 5.42. The van der Waals surface area contributed by atoms with E-state index >= 15 is 0 Å². The Morgan fingerprint density at radius 1 is 1.06 bits per heavy atom. The fourth-order valence-corrected chi connectivity index (χ4v) is 4.51. The molecule has 1 unspecified atom stereocenters. The van der Waals surface area contributed by atoms with Crippen molar-refractivity contribution in [2.45, 2.75) is 11.8 Å². The molecule has 0 fully saturated rings. The molecule has 2 amide bonds. The van der Waals surface area contributed by atoms with Crippen LogP contribution in [0.25, 0.3) is 0 Å². The molecule has 0 saturated carbocycles. The molecule has 8 nitrogen and oxygen atoms in total. The zero-order chi connectivity index (χ0) is 25.7. The van der Waals surface area contributed by atoms with Gasteiger partial charge >= 0.3 is 0 Å². The summed E-state index contributed by atoms with van der Waals surface area (Å²) >= 11 is 0. The molecule has 2 heterocycles. The SMILES string of the molecule is Cc1cc(C(=O)Nc2ccccc2C#Cc2cncc(C(=O)N=S(C)c3ccccc3O)c2)n(C)n1. The van der Waals surface area contributed by atoms with E-state index in [1.165, 1.54) is 10.9 Å². The Kier molecular flexibility index (Phi) is 7.37. The second-order valence-electron chi connectivity index (χ2n) is 7.85. The smallest absolute Gasteiger partial charge is 0.284 e. The van der Waals surface area contributed by atoms with E-state index in [-0.39, 0.29) is 11.7 Å². The van der Waals surface area contributed by atoms with Crippen molar-refractivity contribution in [1.29, 1.82) is 0 Å². The molecular weight excluding hydrogens is 474 g/mol. The van der Waals surface area contributed by atoms with E-state index in [9.17, 15) is 14.7 Å². The highest BCUT2D eigenvalue weighted by molar-refractivity contribution is 7.87. The maximum Gasteiger partial charge on any atom is 0.284 e. The number of anilines is 1. The van der Waals surface area contributed by atoms with E-state index in [0.717, 1.165) is 5.69 Å². The van der Waals surface area contributed by atoms with Crippen LogP contribution in [0.2, 0.25) is 0 Å². The maximum absolute atomic E-state index is 12.7. The fourth-order valence-electron chi connectivity index (χ4n) is 3.41. The van der Waals surface area contributed by atoms with Crippen LogP contribution in [0.5, 0.6) is 5.75 Å². The minimum Gasteiger partial charge on any atom is -0.507 e. The normalized spacial score (nSPS) is 11.4. The monoisotopic (exact) mass is 497 g/mol. The van der Waals surface area contributed by atoms with Crippen LogP contribution in [0.15, 0.2) is 82.3 Å². The van der Waals surface area contributed by atoms with E-state index in [1.807, 2.05) is 19.1 Å². The largest absolute Gasteiger partial charge is 0.507 e. The molecule has 2 N–H and O–H groups in total. The summed E-state index contributed by atoms with van der Waals surface area (Å²) in [5, 5.41) is 17.1. The van der Waals surface area contributed by atoms with Gasteiger partial charge in [0.15, 0.2) is 0 Å². The molecule has 9 heteroatoms. The van der Waals surface area contributed by atoms with Gasteiger partial charge in [0.1, 0.15) is 11.4 Å². The number of benzene rings is 2. The number of hydrogen-bond acceptors (Lipinski definition) is 5. The summed E-state index contributed by atoms with van der Waals surface area (Å²) in [6.45, 7) is 1.82. The number of rotatable bonds is 4. The summed E-state index contributed by atoms with van der Waals surface area (Å²) < 4.78 is 5.73. The van der Waals surface area contributed by atoms with Crippen molar-refractivity contribution in [1.82, 2.24) is 14.8 Å². The van der Waals surface area contributed by atoms with Gasteiger partial charge in [0.25, 0.3) is 11.8 Å². The van der Waals surface area contributed by atoms with Crippen LogP contribution >= 0.6 is 0 Å². The van der Waals surface area contributed by atoms with E-state index in [4.69, 9.17) is 0 Å². The minimum absolute atomic E-state index is 0.0990. The maximum atomic E-state index is 12.7. The topological polar surface area (TPSA) is 109 Å². The van der Waals surface area contributed by atoms with E-state index in [2.05, 4.69) is 31.6 Å². The van der Waals surface area contributed by atoms with Crippen molar-refractivity contribution in [3.05, 3.63) is 101 Å². The molecule has 0 saturated heterocycles. The van der Waals surface area contributed by atoms with Crippen molar-refractivity contribution >= 4 is 28.2 Å². The molecular formula is C27H23N5O3S. The molecule has 0 bridgehead atoms. The standard InChI is InChI=1S/C27H23N5O3S/c1-18-14-23(32(2)30-18)27(35)29-22-9-5-4-8-20(22)13-12-19-15-21(17-28-16-19)26(34)31-36(3)25-11-7-6-10-24(25)33/h4-11,14-17,33H,1-3H3,(H,29,35). The van der Waals surface area contributed by atoms with Crippen molar-refractivity contribution in [3.8, 4) is 17.6 Å². The Labute approximate surface area is 211 Å². The minimum atomic E-state index is -0.825. The zero-order valence-corrected chi connectivity index (χ0v) is 20.7. The van der Waals surface area contributed by atoms with Gasteiger partial charge in [-0.2, -0.15) is 9.46 Å². The molecule has 2 aromatic carbocycles. The van der Waals surface area contributed by atoms with Crippen molar-refractivity contribution in [2.24, 2.45) is 11.4 Å².